The first-order valence-electron chi connectivity index (χ1n) is 9.79. The zero-order valence-electron chi connectivity index (χ0n) is 16.8. The van der Waals surface area contributed by atoms with Crippen LogP contribution in [0.2, 0.25) is 0 Å². The van der Waals surface area contributed by atoms with Crippen molar-refractivity contribution in [2.45, 2.75) is 20.4 Å². The Balaban J connectivity index is 1.63. The Morgan fingerprint density at radius 1 is 1.23 bits per heavy atom. The number of aryl methyl sites for hydroxylation is 1. The van der Waals surface area contributed by atoms with Crippen LogP contribution in [-0.2, 0) is 11.3 Å². The maximum atomic E-state index is 12.6. The molecule has 1 aliphatic heterocycles. The number of fused-ring (bicyclic) bond motifs is 1. The minimum Gasteiger partial charge on any atom is -0.491 e. The van der Waals surface area contributed by atoms with Gasteiger partial charge in [-0.05, 0) is 62.0 Å². The molecule has 1 N–H and O–H groups in total. The molecule has 0 unspecified atom stereocenters. The third-order valence-corrected chi connectivity index (χ3v) is 5.95. The van der Waals surface area contributed by atoms with E-state index in [4.69, 9.17) is 17.0 Å². The molecule has 3 aromatic rings. The average Bonchev–Trinajstić information content (AvgIpc) is 3.19. The fraction of sp³-hybridized carbons (Fsp3) is 0.217. The van der Waals surface area contributed by atoms with Crippen molar-refractivity contribution < 1.29 is 9.53 Å². The molecule has 0 bridgehead atoms. The number of nitrogens with one attached hydrogen (secondary N) is 1. The van der Waals surface area contributed by atoms with Crippen molar-refractivity contribution in [2.24, 2.45) is 0 Å². The molecule has 1 aliphatic rings. The normalized spacial score (nSPS) is 15.3. The Labute approximate surface area is 189 Å². The molecule has 4 rings (SSSR count). The van der Waals surface area contributed by atoms with Crippen molar-refractivity contribution in [3.05, 3.63) is 70.0 Å². The van der Waals surface area contributed by atoms with Crippen molar-refractivity contribution in [1.82, 2.24) is 14.8 Å². The van der Waals surface area contributed by atoms with Gasteiger partial charge < -0.3 is 14.6 Å². The maximum absolute atomic E-state index is 12.6. The number of carbonyl (C=O) groups excluding carboxylic acids is 1. The molecule has 0 aliphatic carbocycles. The summed E-state index contributed by atoms with van der Waals surface area (Å²) in [5.41, 5.74) is 3.65. The van der Waals surface area contributed by atoms with Gasteiger partial charge in [0.25, 0.3) is 5.91 Å². The minimum atomic E-state index is -0.0960. The van der Waals surface area contributed by atoms with E-state index >= 15 is 0 Å². The summed E-state index contributed by atoms with van der Waals surface area (Å²) < 4.78 is 9.12. The van der Waals surface area contributed by atoms with E-state index in [-0.39, 0.29) is 5.91 Å². The molecule has 0 spiro atoms. The summed E-state index contributed by atoms with van der Waals surface area (Å²) in [6.07, 6.45) is 3.93. The van der Waals surface area contributed by atoms with Crippen LogP contribution in [0.5, 0.6) is 5.75 Å². The summed E-state index contributed by atoms with van der Waals surface area (Å²) in [5, 5.41) is 4.54. The lowest BCUT2D eigenvalue weighted by molar-refractivity contribution is -0.122. The minimum absolute atomic E-state index is 0.0960. The highest BCUT2D eigenvalue weighted by atomic mass is 79.9. The number of aromatic nitrogens is 1. The standard InChI is InChI=1S/C23H22BrN3O2S/c1-3-27-22(28)19(25-23(27)30)12-16-14-26(20-9-8-17(24)13-18(16)20)10-11-29-21-7-5-4-6-15(21)2/h4-9,12-14H,3,10-11H2,1-2H3,(H,25,30)/b19-12-. The Bertz CT molecular complexity index is 1170. The van der Waals surface area contributed by atoms with Crippen LogP contribution in [0.3, 0.4) is 0 Å². The molecule has 1 amide bonds. The topological polar surface area (TPSA) is 46.5 Å². The van der Waals surface area contributed by atoms with Crippen LogP contribution < -0.4 is 10.1 Å². The lowest BCUT2D eigenvalue weighted by Crippen LogP contribution is -2.30. The zero-order valence-corrected chi connectivity index (χ0v) is 19.2. The molecule has 0 atom stereocenters. The van der Waals surface area contributed by atoms with Crippen molar-refractivity contribution in [3.63, 3.8) is 0 Å². The Kier molecular flexibility index (Phi) is 5.92. The van der Waals surface area contributed by atoms with Crippen molar-refractivity contribution >= 4 is 56.1 Å². The highest BCUT2D eigenvalue weighted by Gasteiger charge is 2.29. The highest BCUT2D eigenvalue weighted by Crippen LogP contribution is 2.28. The lowest BCUT2D eigenvalue weighted by Gasteiger charge is -2.10. The first-order valence-corrected chi connectivity index (χ1v) is 11.0. The monoisotopic (exact) mass is 483 g/mol. The second kappa shape index (κ2) is 8.62. The number of hydrogen-bond acceptors (Lipinski definition) is 3. The number of amides is 1. The van der Waals surface area contributed by atoms with Gasteiger partial charge in [0.15, 0.2) is 5.11 Å². The number of rotatable bonds is 6. The van der Waals surface area contributed by atoms with E-state index in [1.165, 1.54) is 0 Å². The zero-order chi connectivity index (χ0) is 21.3. The number of carbonyl (C=O) groups is 1. The van der Waals surface area contributed by atoms with E-state index in [0.717, 1.165) is 32.3 Å². The molecule has 1 aromatic heterocycles. The van der Waals surface area contributed by atoms with Gasteiger partial charge in [0, 0.05) is 33.7 Å². The average molecular weight is 484 g/mol. The van der Waals surface area contributed by atoms with Gasteiger partial charge in [-0.3, -0.25) is 9.69 Å². The first-order chi connectivity index (χ1) is 14.5. The molecule has 2 heterocycles. The van der Waals surface area contributed by atoms with Crippen LogP contribution >= 0.6 is 28.1 Å². The Morgan fingerprint density at radius 2 is 2.03 bits per heavy atom. The van der Waals surface area contributed by atoms with Gasteiger partial charge in [-0.15, -0.1) is 0 Å². The third kappa shape index (κ3) is 4.00. The number of hydrogen-bond donors (Lipinski definition) is 1. The van der Waals surface area contributed by atoms with Gasteiger partial charge in [-0.1, -0.05) is 34.1 Å². The predicted molar refractivity (Wildman–Crippen MR) is 127 cm³/mol. The quantitative estimate of drug-likeness (QED) is 0.401. The summed E-state index contributed by atoms with van der Waals surface area (Å²) in [5.74, 6) is 0.800. The fourth-order valence-corrected chi connectivity index (χ4v) is 4.27. The molecule has 1 saturated heterocycles. The Morgan fingerprint density at radius 3 is 2.77 bits per heavy atom. The number of benzene rings is 2. The summed E-state index contributed by atoms with van der Waals surface area (Å²) in [6.45, 7) is 5.73. The van der Waals surface area contributed by atoms with E-state index in [0.29, 0.717) is 30.5 Å². The smallest absolute Gasteiger partial charge is 0.276 e. The van der Waals surface area contributed by atoms with Gasteiger partial charge in [0.05, 0.1) is 6.54 Å². The van der Waals surface area contributed by atoms with Crippen LogP contribution in [0, 0.1) is 6.92 Å². The van der Waals surface area contributed by atoms with Gasteiger partial charge in [-0.2, -0.15) is 0 Å². The molecule has 30 heavy (non-hydrogen) atoms. The molecule has 1 fully saturated rings. The van der Waals surface area contributed by atoms with E-state index in [1.807, 2.05) is 50.3 Å². The van der Waals surface area contributed by atoms with Crippen LogP contribution in [0.4, 0.5) is 0 Å². The summed E-state index contributed by atoms with van der Waals surface area (Å²) in [4.78, 5) is 14.2. The summed E-state index contributed by atoms with van der Waals surface area (Å²) in [7, 11) is 0. The molecule has 154 valence electrons. The number of halogens is 1. The van der Waals surface area contributed by atoms with Crippen molar-refractivity contribution in [2.75, 3.05) is 13.2 Å². The number of ether oxygens (including phenoxy) is 1. The third-order valence-electron chi connectivity index (χ3n) is 5.14. The fourth-order valence-electron chi connectivity index (χ4n) is 3.58. The Hall–Kier alpha value is -2.64. The van der Waals surface area contributed by atoms with E-state index in [9.17, 15) is 4.79 Å². The molecule has 0 saturated carbocycles. The number of nitrogens with zero attached hydrogens (tertiary/aromatic N) is 2. The van der Waals surface area contributed by atoms with E-state index < -0.39 is 0 Å². The SMILES string of the molecule is CCN1C(=O)/C(=C/c2cn(CCOc3ccccc3C)c3ccc(Br)cc23)NC1=S. The van der Waals surface area contributed by atoms with Crippen LogP contribution in [0.1, 0.15) is 18.1 Å². The van der Waals surface area contributed by atoms with Gasteiger partial charge >= 0.3 is 0 Å². The summed E-state index contributed by atoms with van der Waals surface area (Å²) in [6, 6.07) is 14.2. The lowest BCUT2D eigenvalue weighted by atomic mass is 10.1. The highest BCUT2D eigenvalue weighted by molar-refractivity contribution is 9.10. The predicted octanol–water partition coefficient (Wildman–Crippen LogP) is 4.87. The van der Waals surface area contributed by atoms with Crippen molar-refractivity contribution in [3.8, 4) is 5.75 Å². The molecule has 0 radical (unpaired) electrons. The number of likely N-dealkylation sites (N-methyl/N-ethyl adjacent to an activating group) is 1. The van der Waals surface area contributed by atoms with E-state index in [2.05, 4.69) is 44.1 Å². The molecule has 2 aromatic carbocycles. The molecule has 7 heteroatoms. The number of thiocarbonyl (C=S) groups is 1. The van der Waals surface area contributed by atoms with Crippen LogP contribution in [-0.4, -0.2) is 33.6 Å². The first kappa shape index (κ1) is 20.6. The van der Waals surface area contributed by atoms with E-state index in [1.54, 1.807) is 4.90 Å². The van der Waals surface area contributed by atoms with Crippen molar-refractivity contribution in [1.29, 1.82) is 0 Å². The van der Waals surface area contributed by atoms with Crippen LogP contribution in [0.15, 0.2) is 58.8 Å². The second-order valence-corrected chi connectivity index (χ2v) is 8.39. The van der Waals surface area contributed by atoms with Gasteiger partial charge in [0.1, 0.15) is 18.1 Å². The van der Waals surface area contributed by atoms with Gasteiger partial charge in [0.2, 0.25) is 0 Å². The molecular formula is C23H22BrN3O2S. The second-order valence-electron chi connectivity index (χ2n) is 7.09. The number of para-hydroxylation sites is 1. The molecule has 5 nitrogen and oxygen atoms in total. The largest absolute Gasteiger partial charge is 0.491 e. The van der Waals surface area contributed by atoms with Gasteiger partial charge in [-0.25, -0.2) is 0 Å². The maximum Gasteiger partial charge on any atom is 0.276 e. The summed E-state index contributed by atoms with van der Waals surface area (Å²) >= 11 is 8.83. The van der Waals surface area contributed by atoms with Crippen LogP contribution in [0.25, 0.3) is 17.0 Å². The molecular weight excluding hydrogens is 462 g/mol.